The average molecular weight is 341 g/mol. The topological polar surface area (TPSA) is 68.0 Å². The van der Waals surface area contributed by atoms with Crippen molar-refractivity contribution in [1.29, 1.82) is 0 Å². The second kappa shape index (κ2) is 6.20. The Labute approximate surface area is 144 Å². The SMILES string of the molecule is Cc1oncc1C(=O)Nc1nc(-c2ccc(C(C)(C)C)cc2)cs1. The Morgan fingerprint density at radius 3 is 2.50 bits per heavy atom. The van der Waals surface area contributed by atoms with Gasteiger partial charge < -0.3 is 4.52 Å². The molecule has 3 rings (SSSR count). The second-order valence-electron chi connectivity index (χ2n) is 6.62. The number of carbonyl (C=O) groups is 1. The fourth-order valence-electron chi connectivity index (χ4n) is 2.29. The van der Waals surface area contributed by atoms with Gasteiger partial charge in [-0.3, -0.25) is 10.1 Å². The summed E-state index contributed by atoms with van der Waals surface area (Å²) in [5.74, 6) is 0.222. The van der Waals surface area contributed by atoms with E-state index >= 15 is 0 Å². The molecule has 24 heavy (non-hydrogen) atoms. The average Bonchev–Trinajstić information content (AvgIpc) is 3.15. The standard InChI is InChI=1S/C18H19N3O2S/c1-11-14(9-19-23-11)16(22)21-17-20-15(10-24-17)12-5-7-13(8-6-12)18(2,3)4/h5-10H,1-4H3,(H,20,21,22). The monoisotopic (exact) mass is 341 g/mol. The number of rotatable bonds is 3. The Hall–Kier alpha value is -2.47. The normalized spacial score (nSPS) is 11.5. The van der Waals surface area contributed by atoms with Gasteiger partial charge in [0.1, 0.15) is 11.3 Å². The number of anilines is 1. The first-order valence-electron chi connectivity index (χ1n) is 7.63. The molecule has 0 unspecified atom stereocenters. The molecule has 1 N–H and O–H groups in total. The number of hydrogen-bond donors (Lipinski definition) is 1. The molecule has 1 amide bonds. The van der Waals surface area contributed by atoms with Gasteiger partial charge in [-0.1, -0.05) is 50.2 Å². The number of amides is 1. The number of nitrogens with one attached hydrogen (secondary N) is 1. The fraction of sp³-hybridized carbons (Fsp3) is 0.278. The summed E-state index contributed by atoms with van der Waals surface area (Å²) in [5, 5.41) is 8.88. The van der Waals surface area contributed by atoms with Crippen LogP contribution in [0.25, 0.3) is 11.3 Å². The van der Waals surface area contributed by atoms with E-state index < -0.39 is 0 Å². The molecule has 3 aromatic rings. The summed E-state index contributed by atoms with van der Waals surface area (Å²) >= 11 is 1.39. The van der Waals surface area contributed by atoms with Gasteiger partial charge >= 0.3 is 0 Å². The number of nitrogens with zero attached hydrogens (tertiary/aromatic N) is 2. The number of hydrogen-bond acceptors (Lipinski definition) is 5. The zero-order valence-corrected chi connectivity index (χ0v) is 14.9. The van der Waals surface area contributed by atoms with Crippen LogP contribution in [0, 0.1) is 6.92 Å². The van der Waals surface area contributed by atoms with Crippen molar-refractivity contribution in [3.05, 3.63) is 52.7 Å². The molecule has 0 aliphatic heterocycles. The third kappa shape index (κ3) is 3.38. The molecule has 0 fully saturated rings. The zero-order valence-electron chi connectivity index (χ0n) is 14.1. The maximum atomic E-state index is 12.2. The predicted molar refractivity (Wildman–Crippen MR) is 95.4 cm³/mol. The van der Waals surface area contributed by atoms with E-state index in [4.69, 9.17) is 4.52 Å². The molecule has 2 aromatic heterocycles. The van der Waals surface area contributed by atoms with Crippen molar-refractivity contribution in [3.8, 4) is 11.3 Å². The van der Waals surface area contributed by atoms with Crippen LogP contribution in [-0.4, -0.2) is 16.0 Å². The van der Waals surface area contributed by atoms with Crippen LogP contribution in [0.15, 0.2) is 40.4 Å². The van der Waals surface area contributed by atoms with E-state index in [1.54, 1.807) is 6.92 Å². The third-order valence-electron chi connectivity index (χ3n) is 3.77. The molecule has 0 radical (unpaired) electrons. The number of thiazole rings is 1. The molecule has 1 aromatic carbocycles. The summed E-state index contributed by atoms with van der Waals surface area (Å²) in [7, 11) is 0. The van der Waals surface area contributed by atoms with Gasteiger partial charge in [0.2, 0.25) is 0 Å². The van der Waals surface area contributed by atoms with Crippen molar-refractivity contribution in [2.24, 2.45) is 0 Å². The summed E-state index contributed by atoms with van der Waals surface area (Å²) < 4.78 is 4.91. The molecule has 0 aliphatic carbocycles. The van der Waals surface area contributed by atoms with E-state index in [2.05, 4.69) is 60.5 Å². The highest BCUT2D eigenvalue weighted by atomic mass is 32.1. The summed E-state index contributed by atoms with van der Waals surface area (Å²) in [6, 6.07) is 8.36. The molecule has 0 atom stereocenters. The highest BCUT2D eigenvalue weighted by Crippen LogP contribution is 2.28. The van der Waals surface area contributed by atoms with Gasteiger partial charge in [0.25, 0.3) is 5.91 Å². The van der Waals surface area contributed by atoms with Crippen LogP contribution in [-0.2, 0) is 5.41 Å². The minimum absolute atomic E-state index is 0.121. The van der Waals surface area contributed by atoms with Crippen LogP contribution in [0.2, 0.25) is 0 Å². The van der Waals surface area contributed by atoms with Crippen LogP contribution in [0.5, 0.6) is 0 Å². The van der Waals surface area contributed by atoms with Crippen molar-refractivity contribution in [2.75, 3.05) is 5.32 Å². The third-order valence-corrected chi connectivity index (χ3v) is 4.52. The van der Waals surface area contributed by atoms with E-state index in [1.165, 1.54) is 23.1 Å². The van der Waals surface area contributed by atoms with E-state index in [1.807, 2.05) is 5.38 Å². The van der Waals surface area contributed by atoms with Crippen LogP contribution in [0.1, 0.15) is 42.5 Å². The first kappa shape index (κ1) is 16.4. The lowest BCUT2D eigenvalue weighted by molar-refractivity contribution is 0.102. The summed E-state index contributed by atoms with van der Waals surface area (Å²) in [5.41, 5.74) is 3.69. The van der Waals surface area contributed by atoms with Crippen molar-refractivity contribution in [1.82, 2.24) is 10.1 Å². The van der Waals surface area contributed by atoms with Gasteiger partial charge in [-0.15, -0.1) is 11.3 Å². The predicted octanol–water partition coefficient (Wildman–Crippen LogP) is 4.66. The van der Waals surface area contributed by atoms with Gasteiger partial charge in [-0.05, 0) is 17.9 Å². The lowest BCUT2D eigenvalue weighted by Crippen LogP contribution is -2.11. The number of aryl methyl sites for hydroxylation is 1. The maximum Gasteiger partial charge on any atom is 0.262 e. The zero-order chi connectivity index (χ0) is 17.3. The number of carbonyl (C=O) groups excluding carboxylic acids is 1. The minimum Gasteiger partial charge on any atom is -0.361 e. The fourth-order valence-corrected chi connectivity index (χ4v) is 3.00. The number of aromatic nitrogens is 2. The van der Waals surface area contributed by atoms with Crippen LogP contribution in [0.4, 0.5) is 5.13 Å². The largest absolute Gasteiger partial charge is 0.361 e. The van der Waals surface area contributed by atoms with Crippen LogP contribution < -0.4 is 5.32 Å². The van der Waals surface area contributed by atoms with Crippen molar-refractivity contribution >= 4 is 22.4 Å². The highest BCUT2D eigenvalue weighted by Gasteiger charge is 2.16. The summed E-state index contributed by atoms with van der Waals surface area (Å²) in [4.78, 5) is 16.6. The van der Waals surface area contributed by atoms with Gasteiger partial charge in [-0.2, -0.15) is 0 Å². The van der Waals surface area contributed by atoms with Gasteiger partial charge in [0, 0.05) is 10.9 Å². The van der Waals surface area contributed by atoms with Crippen LogP contribution in [0.3, 0.4) is 0 Å². The van der Waals surface area contributed by atoms with E-state index in [0.29, 0.717) is 16.5 Å². The van der Waals surface area contributed by atoms with E-state index in [-0.39, 0.29) is 11.3 Å². The minimum atomic E-state index is -0.266. The Balaban J connectivity index is 1.76. The van der Waals surface area contributed by atoms with Crippen molar-refractivity contribution < 1.29 is 9.32 Å². The molecule has 2 heterocycles. The Morgan fingerprint density at radius 1 is 1.21 bits per heavy atom. The van der Waals surface area contributed by atoms with E-state index in [0.717, 1.165) is 11.3 Å². The molecule has 0 saturated carbocycles. The molecular weight excluding hydrogens is 322 g/mol. The molecule has 124 valence electrons. The van der Waals surface area contributed by atoms with Crippen molar-refractivity contribution in [2.45, 2.75) is 33.1 Å². The molecular formula is C18H19N3O2S. The Morgan fingerprint density at radius 2 is 1.92 bits per heavy atom. The van der Waals surface area contributed by atoms with Gasteiger partial charge in [0.05, 0.1) is 11.9 Å². The highest BCUT2D eigenvalue weighted by molar-refractivity contribution is 7.14. The molecule has 0 aliphatic rings. The first-order valence-corrected chi connectivity index (χ1v) is 8.51. The Bertz CT molecular complexity index is 857. The molecule has 0 spiro atoms. The summed E-state index contributed by atoms with van der Waals surface area (Å²) in [6.07, 6.45) is 1.41. The molecule has 0 bridgehead atoms. The van der Waals surface area contributed by atoms with Crippen LogP contribution >= 0.6 is 11.3 Å². The lowest BCUT2D eigenvalue weighted by atomic mass is 9.86. The van der Waals surface area contributed by atoms with Gasteiger partial charge in [0.15, 0.2) is 5.13 Å². The quantitative estimate of drug-likeness (QED) is 0.752. The molecule has 5 nitrogen and oxygen atoms in total. The van der Waals surface area contributed by atoms with Crippen molar-refractivity contribution in [3.63, 3.8) is 0 Å². The Kier molecular flexibility index (Phi) is 4.24. The molecule has 0 saturated heterocycles. The summed E-state index contributed by atoms with van der Waals surface area (Å²) in [6.45, 7) is 8.26. The second-order valence-corrected chi connectivity index (χ2v) is 7.47. The number of benzene rings is 1. The first-order chi connectivity index (χ1) is 11.3. The van der Waals surface area contributed by atoms with E-state index in [9.17, 15) is 4.79 Å². The smallest absolute Gasteiger partial charge is 0.262 e. The lowest BCUT2D eigenvalue weighted by Gasteiger charge is -2.18. The molecule has 6 heteroatoms. The maximum absolute atomic E-state index is 12.2. The van der Waals surface area contributed by atoms with Gasteiger partial charge in [-0.25, -0.2) is 4.98 Å².